The van der Waals surface area contributed by atoms with Crippen molar-refractivity contribution in [1.29, 1.82) is 0 Å². The molecule has 0 saturated heterocycles. The standard InChI is InChI=1S/C7H9Cl2F7OSi/c1-2-3-4(18(8)9)17-5(10,6(11,12)13)7(14,15)16/h4,18H,2-3H2,1H3. The lowest BCUT2D eigenvalue weighted by molar-refractivity contribution is -0.433. The SMILES string of the molecule is CCCC(OC(F)(C(F)(F)F)C(F)(F)F)[SiH](Cl)Cl. The van der Waals surface area contributed by atoms with Crippen molar-refractivity contribution in [1.82, 2.24) is 0 Å². The van der Waals surface area contributed by atoms with Crippen LogP contribution in [0.2, 0.25) is 0 Å². The van der Waals surface area contributed by atoms with Gasteiger partial charge in [-0.1, -0.05) is 13.3 Å². The predicted molar refractivity (Wildman–Crippen MR) is 54.6 cm³/mol. The zero-order chi connectivity index (χ0) is 14.8. The molecule has 0 spiro atoms. The molecular formula is C7H9Cl2F7OSi. The molecule has 0 aliphatic heterocycles. The highest BCUT2D eigenvalue weighted by Gasteiger charge is 2.75. The third-order valence-corrected chi connectivity index (χ3v) is 4.61. The quantitative estimate of drug-likeness (QED) is 0.414. The summed E-state index contributed by atoms with van der Waals surface area (Å²) in [6, 6.07) is 0. The summed E-state index contributed by atoms with van der Waals surface area (Å²) in [5, 5.41) is 0. The second-order valence-electron chi connectivity index (χ2n) is 3.37. The van der Waals surface area contributed by atoms with E-state index in [9.17, 15) is 30.7 Å². The predicted octanol–water partition coefficient (Wildman–Crippen LogP) is 4.20. The van der Waals surface area contributed by atoms with E-state index in [1.165, 1.54) is 6.92 Å². The smallest absolute Gasteiger partial charge is 0.329 e. The summed E-state index contributed by atoms with van der Waals surface area (Å²) >= 11 is 10.6. The Morgan fingerprint density at radius 3 is 1.61 bits per heavy atom. The van der Waals surface area contributed by atoms with Gasteiger partial charge in [-0.05, 0) is 6.42 Å². The maximum absolute atomic E-state index is 13.2. The highest BCUT2D eigenvalue weighted by atomic mass is 35.7. The molecular weight excluding hydrogens is 332 g/mol. The molecule has 110 valence electrons. The van der Waals surface area contributed by atoms with Gasteiger partial charge >= 0.3 is 18.2 Å². The van der Waals surface area contributed by atoms with E-state index >= 15 is 0 Å². The van der Waals surface area contributed by atoms with Gasteiger partial charge in [0, 0.05) is 0 Å². The zero-order valence-electron chi connectivity index (χ0n) is 8.88. The van der Waals surface area contributed by atoms with Crippen LogP contribution in [-0.4, -0.2) is 31.4 Å². The van der Waals surface area contributed by atoms with Crippen molar-refractivity contribution in [3.05, 3.63) is 0 Å². The second-order valence-corrected chi connectivity index (χ2v) is 8.27. The molecule has 0 aliphatic rings. The zero-order valence-corrected chi connectivity index (χ0v) is 11.5. The fourth-order valence-electron chi connectivity index (χ4n) is 1.02. The Morgan fingerprint density at radius 2 is 1.39 bits per heavy atom. The Hall–Kier alpha value is 0.267. The van der Waals surface area contributed by atoms with Crippen LogP contribution in [-0.2, 0) is 4.74 Å². The fourth-order valence-corrected chi connectivity index (χ4v) is 2.96. The number of rotatable bonds is 5. The van der Waals surface area contributed by atoms with Gasteiger partial charge in [-0.25, -0.2) is 0 Å². The Morgan fingerprint density at radius 1 is 1.00 bits per heavy atom. The van der Waals surface area contributed by atoms with Gasteiger partial charge in [0.2, 0.25) is 0 Å². The van der Waals surface area contributed by atoms with E-state index in [4.69, 9.17) is 22.2 Å². The normalized spacial score (nSPS) is 16.2. The van der Waals surface area contributed by atoms with Gasteiger partial charge in [0.05, 0.1) is 5.73 Å². The molecule has 1 unspecified atom stereocenters. The van der Waals surface area contributed by atoms with E-state index in [0.29, 0.717) is 0 Å². The molecule has 18 heavy (non-hydrogen) atoms. The average Bonchev–Trinajstić information content (AvgIpc) is 2.13. The van der Waals surface area contributed by atoms with Gasteiger partial charge < -0.3 is 4.74 Å². The Bertz CT molecular complexity index is 254. The van der Waals surface area contributed by atoms with E-state index in [1.54, 1.807) is 0 Å². The van der Waals surface area contributed by atoms with Crippen molar-refractivity contribution in [3.8, 4) is 0 Å². The number of hydrogen-bond acceptors (Lipinski definition) is 1. The molecule has 0 rings (SSSR count). The summed E-state index contributed by atoms with van der Waals surface area (Å²) in [5.41, 5.74) is -1.79. The highest BCUT2D eigenvalue weighted by molar-refractivity contribution is 7.34. The minimum atomic E-state index is -6.26. The van der Waals surface area contributed by atoms with Crippen LogP contribution in [0.3, 0.4) is 0 Å². The first-order chi connectivity index (χ1) is 7.87. The van der Waals surface area contributed by atoms with Gasteiger partial charge in [0.15, 0.2) is 0 Å². The maximum atomic E-state index is 13.2. The molecule has 0 saturated carbocycles. The van der Waals surface area contributed by atoms with E-state index in [0.717, 1.165) is 0 Å². The molecule has 0 fully saturated rings. The van der Waals surface area contributed by atoms with Crippen LogP contribution in [0.15, 0.2) is 0 Å². The highest BCUT2D eigenvalue weighted by Crippen LogP contribution is 2.48. The van der Waals surface area contributed by atoms with Crippen LogP contribution in [0.5, 0.6) is 0 Å². The van der Waals surface area contributed by atoms with Crippen LogP contribution >= 0.6 is 22.2 Å². The average molecular weight is 341 g/mol. The van der Waals surface area contributed by atoms with E-state index in [-0.39, 0.29) is 12.8 Å². The lowest BCUT2D eigenvalue weighted by atomic mass is 10.2. The number of halogens is 9. The van der Waals surface area contributed by atoms with Crippen LogP contribution in [0.1, 0.15) is 19.8 Å². The molecule has 0 aliphatic carbocycles. The maximum Gasteiger partial charge on any atom is 0.458 e. The van der Waals surface area contributed by atoms with Gasteiger partial charge in [-0.15, -0.1) is 22.2 Å². The van der Waals surface area contributed by atoms with E-state index < -0.39 is 31.4 Å². The summed E-state index contributed by atoms with van der Waals surface area (Å²) in [7, 11) is -3.06. The number of hydrogen-bond donors (Lipinski definition) is 0. The second kappa shape index (κ2) is 6.15. The van der Waals surface area contributed by atoms with E-state index in [2.05, 4.69) is 4.74 Å². The van der Waals surface area contributed by atoms with Crippen LogP contribution in [0.25, 0.3) is 0 Å². The fraction of sp³-hybridized carbons (Fsp3) is 1.00. The first-order valence-electron chi connectivity index (χ1n) is 4.65. The van der Waals surface area contributed by atoms with Crippen molar-refractivity contribution in [3.63, 3.8) is 0 Å². The summed E-state index contributed by atoms with van der Waals surface area (Å²) in [6.07, 6.45) is -12.6. The summed E-state index contributed by atoms with van der Waals surface area (Å²) in [5.74, 6) is -5.76. The van der Waals surface area contributed by atoms with Gasteiger partial charge in [-0.3, -0.25) is 0 Å². The Kier molecular flexibility index (Phi) is 6.24. The molecule has 1 nitrogen and oxygen atoms in total. The van der Waals surface area contributed by atoms with Gasteiger partial charge in [0.1, 0.15) is 0 Å². The number of alkyl halides is 7. The van der Waals surface area contributed by atoms with Crippen molar-refractivity contribution in [2.75, 3.05) is 0 Å². The Balaban J connectivity index is 5.25. The van der Waals surface area contributed by atoms with Crippen molar-refractivity contribution >= 4 is 29.6 Å². The monoisotopic (exact) mass is 340 g/mol. The lowest BCUT2D eigenvalue weighted by Gasteiger charge is -2.33. The minimum absolute atomic E-state index is 0.152. The molecule has 0 heterocycles. The lowest BCUT2D eigenvalue weighted by Crippen LogP contribution is -2.57. The molecule has 0 N–H and O–H groups in total. The molecule has 0 aromatic heterocycles. The van der Waals surface area contributed by atoms with Gasteiger partial charge in [-0.2, -0.15) is 30.7 Å². The molecule has 11 heteroatoms. The third-order valence-electron chi connectivity index (χ3n) is 1.90. The molecule has 0 aromatic carbocycles. The summed E-state index contributed by atoms with van der Waals surface area (Å²) in [6.45, 7) is 1.46. The van der Waals surface area contributed by atoms with Gasteiger partial charge in [0.25, 0.3) is 7.42 Å². The van der Waals surface area contributed by atoms with Crippen molar-refractivity contribution in [2.24, 2.45) is 0 Å². The molecule has 0 amide bonds. The molecule has 0 radical (unpaired) electrons. The van der Waals surface area contributed by atoms with Crippen LogP contribution in [0.4, 0.5) is 30.7 Å². The largest absolute Gasteiger partial charge is 0.458 e. The first-order valence-corrected chi connectivity index (χ1v) is 8.81. The van der Waals surface area contributed by atoms with E-state index in [1.807, 2.05) is 0 Å². The summed E-state index contributed by atoms with van der Waals surface area (Å²) < 4.78 is 89.8. The van der Waals surface area contributed by atoms with Crippen LogP contribution < -0.4 is 0 Å². The molecule has 0 aromatic rings. The van der Waals surface area contributed by atoms with Crippen molar-refractivity contribution in [2.45, 2.75) is 43.7 Å². The Labute approximate surface area is 109 Å². The summed E-state index contributed by atoms with van der Waals surface area (Å²) in [4.78, 5) is 0. The first kappa shape index (κ1) is 18.3. The van der Waals surface area contributed by atoms with Crippen LogP contribution in [0, 0.1) is 0 Å². The third kappa shape index (κ3) is 4.14. The minimum Gasteiger partial charge on any atom is -0.329 e. The topological polar surface area (TPSA) is 9.23 Å². The molecule has 0 bridgehead atoms. The molecule has 1 atom stereocenters. The van der Waals surface area contributed by atoms with Crippen molar-refractivity contribution < 1.29 is 35.5 Å². The number of ether oxygens (including phenoxy) is 1.